The second kappa shape index (κ2) is 6.35. The van der Waals surface area contributed by atoms with Gasteiger partial charge in [0.2, 0.25) is 0 Å². The highest BCUT2D eigenvalue weighted by atomic mass is 16.7. The molecule has 0 aromatic carbocycles. The van der Waals surface area contributed by atoms with Crippen molar-refractivity contribution in [3.8, 4) is 0 Å². The first-order valence-electron chi connectivity index (χ1n) is 5.12. The topological polar surface area (TPSA) is 27.7 Å². The van der Waals surface area contributed by atoms with E-state index in [2.05, 4.69) is 6.92 Å². The number of rotatable bonds is 5. The monoisotopic (exact) mass is 188 g/mol. The van der Waals surface area contributed by atoms with Gasteiger partial charge >= 0.3 is 0 Å². The Bertz CT molecular complexity index is 117. The molecule has 0 amide bonds. The highest BCUT2D eigenvalue weighted by molar-refractivity contribution is 4.61. The van der Waals surface area contributed by atoms with Crippen LogP contribution in [0.4, 0.5) is 0 Å². The standard InChI is InChI=1S/C10H20O3/c1-3-4-5-6-10-12-7-9(11-2)8-13-10/h9-10H,3-8H2,1-2H3. The van der Waals surface area contributed by atoms with E-state index < -0.39 is 0 Å². The van der Waals surface area contributed by atoms with Gasteiger partial charge in [0, 0.05) is 7.11 Å². The average molecular weight is 188 g/mol. The Hall–Kier alpha value is -0.120. The quantitative estimate of drug-likeness (QED) is 0.617. The van der Waals surface area contributed by atoms with E-state index in [4.69, 9.17) is 14.2 Å². The summed E-state index contributed by atoms with van der Waals surface area (Å²) < 4.78 is 16.1. The molecule has 78 valence electrons. The lowest BCUT2D eigenvalue weighted by Gasteiger charge is -2.28. The van der Waals surface area contributed by atoms with Crippen LogP contribution in [0, 0.1) is 0 Å². The van der Waals surface area contributed by atoms with Crippen LogP contribution in [-0.2, 0) is 14.2 Å². The largest absolute Gasteiger partial charge is 0.377 e. The van der Waals surface area contributed by atoms with Crippen molar-refractivity contribution in [2.75, 3.05) is 20.3 Å². The Kier molecular flexibility index (Phi) is 5.35. The zero-order valence-corrected chi connectivity index (χ0v) is 8.62. The minimum absolute atomic E-state index is 0.0120. The fourth-order valence-electron chi connectivity index (χ4n) is 1.39. The van der Waals surface area contributed by atoms with Crippen LogP contribution in [0.3, 0.4) is 0 Å². The van der Waals surface area contributed by atoms with Crippen molar-refractivity contribution in [1.29, 1.82) is 0 Å². The van der Waals surface area contributed by atoms with E-state index in [-0.39, 0.29) is 12.4 Å². The highest BCUT2D eigenvalue weighted by Gasteiger charge is 2.20. The lowest BCUT2D eigenvalue weighted by Crippen LogP contribution is -2.36. The summed E-state index contributed by atoms with van der Waals surface area (Å²) in [6.45, 7) is 3.55. The molecule has 1 heterocycles. The van der Waals surface area contributed by atoms with Gasteiger partial charge in [0.1, 0.15) is 6.10 Å². The van der Waals surface area contributed by atoms with Gasteiger partial charge in [-0.2, -0.15) is 0 Å². The maximum Gasteiger partial charge on any atom is 0.157 e. The molecule has 13 heavy (non-hydrogen) atoms. The van der Waals surface area contributed by atoms with Gasteiger partial charge < -0.3 is 14.2 Å². The van der Waals surface area contributed by atoms with E-state index in [9.17, 15) is 0 Å². The molecule has 1 rings (SSSR count). The van der Waals surface area contributed by atoms with Gasteiger partial charge in [-0.25, -0.2) is 0 Å². The van der Waals surface area contributed by atoms with E-state index in [1.807, 2.05) is 0 Å². The second-order valence-electron chi connectivity index (χ2n) is 3.45. The first-order chi connectivity index (χ1) is 6.36. The van der Waals surface area contributed by atoms with Crippen molar-refractivity contribution < 1.29 is 14.2 Å². The van der Waals surface area contributed by atoms with Gasteiger partial charge in [-0.1, -0.05) is 19.8 Å². The van der Waals surface area contributed by atoms with Gasteiger partial charge in [-0.3, -0.25) is 0 Å². The van der Waals surface area contributed by atoms with Crippen LogP contribution in [0.2, 0.25) is 0 Å². The summed E-state index contributed by atoms with van der Waals surface area (Å²) in [5.41, 5.74) is 0. The molecule has 3 heteroatoms. The maximum atomic E-state index is 5.48. The van der Waals surface area contributed by atoms with Crippen molar-refractivity contribution in [2.24, 2.45) is 0 Å². The summed E-state index contributed by atoms with van der Waals surface area (Å²) in [5, 5.41) is 0. The Morgan fingerprint density at radius 2 is 1.92 bits per heavy atom. The molecule has 0 saturated carbocycles. The van der Waals surface area contributed by atoms with E-state index in [1.54, 1.807) is 7.11 Å². The van der Waals surface area contributed by atoms with Crippen molar-refractivity contribution in [3.05, 3.63) is 0 Å². The van der Waals surface area contributed by atoms with Crippen molar-refractivity contribution >= 4 is 0 Å². The van der Waals surface area contributed by atoms with Crippen LogP contribution in [0.25, 0.3) is 0 Å². The van der Waals surface area contributed by atoms with Crippen molar-refractivity contribution in [3.63, 3.8) is 0 Å². The Balaban J connectivity index is 2.03. The summed E-state index contributed by atoms with van der Waals surface area (Å²) >= 11 is 0. The molecule has 0 bridgehead atoms. The van der Waals surface area contributed by atoms with Gasteiger partial charge in [-0.15, -0.1) is 0 Å². The molecule has 0 aliphatic carbocycles. The summed E-state index contributed by atoms with van der Waals surface area (Å²) in [5.74, 6) is 0. The van der Waals surface area contributed by atoms with E-state index in [1.165, 1.54) is 19.3 Å². The lowest BCUT2D eigenvalue weighted by molar-refractivity contribution is -0.223. The van der Waals surface area contributed by atoms with Crippen LogP contribution in [0.15, 0.2) is 0 Å². The Morgan fingerprint density at radius 3 is 2.46 bits per heavy atom. The van der Waals surface area contributed by atoms with Gasteiger partial charge in [0.25, 0.3) is 0 Å². The maximum absolute atomic E-state index is 5.48. The van der Waals surface area contributed by atoms with Crippen molar-refractivity contribution in [2.45, 2.75) is 45.0 Å². The number of hydrogen-bond donors (Lipinski definition) is 0. The predicted molar refractivity (Wildman–Crippen MR) is 50.6 cm³/mol. The van der Waals surface area contributed by atoms with E-state index in [0.29, 0.717) is 13.2 Å². The average Bonchev–Trinajstić information content (AvgIpc) is 2.19. The number of ether oxygens (including phenoxy) is 3. The first kappa shape index (κ1) is 11.0. The first-order valence-corrected chi connectivity index (χ1v) is 5.12. The van der Waals surface area contributed by atoms with Crippen LogP contribution < -0.4 is 0 Å². The number of methoxy groups -OCH3 is 1. The molecule has 3 nitrogen and oxygen atoms in total. The zero-order valence-electron chi connectivity index (χ0n) is 8.62. The molecule has 0 atom stereocenters. The zero-order chi connectivity index (χ0) is 9.52. The molecule has 0 unspecified atom stereocenters. The summed E-state index contributed by atoms with van der Waals surface area (Å²) in [6, 6.07) is 0. The Morgan fingerprint density at radius 1 is 1.23 bits per heavy atom. The van der Waals surface area contributed by atoms with Gasteiger partial charge in [-0.05, 0) is 12.8 Å². The molecule has 1 aliphatic heterocycles. The smallest absolute Gasteiger partial charge is 0.157 e. The summed E-state index contributed by atoms with van der Waals surface area (Å²) in [4.78, 5) is 0. The third-order valence-electron chi connectivity index (χ3n) is 2.31. The number of hydrogen-bond acceptors (Lipinski definition) is 3. The fraction of sp³-hybridized carbons (Fsp3) is 1.00. The molecule has 0 radical (unpaired) electrons. The second-order valence-corrected chi connectivity index (χ2v) is 3.45. The van der Waals surface area contributed by atoms with Crippen LogP contribution >= 0.6 is 0 Å². The molecular weight excluding hydrogens is 168 g/mol. The van der Waals surface area contributed by atoms with Crippen LogP contribution in [0.1, 0.15) is 32.6 Å². The van der Waals surface area contributed by atoms with Crippen molar-refractivity contribution in [1.82, 2.24) is 0 Å². The molecular formula is C10H20O3. The molecule has 0 aromatic heterocycles. The SMILES string of the molecule is CCCCCC1OCC(OC)CO1. The fourth-order valence-corrected chi connectivity index (χ4v) is 1.39. The van der Waals surface area contributed by atoms with Crippen LogP contribution in [0.5, 0.6) is 0 Å². The summed E-state index contributed by atoms with van der Waals surface area (Å²) in [7, 11) is 1.69. The normalized spacial score (nSPS) is 29.1. The minimum atomic E-state index is 0.0120. The Labute approximate surface area is 80.4 Å². The molecule has 1 fully saturated rings. The highest BCUT2D eigenvalue weighted by Crippen LogP contribution is 2.13. The third kappa shape index (κ3) is 4.07. The van der Waals surface area contributed by atoms with E-state index in [0.717, 1.165) is 6.42 Å². The predicted octanol–water partition coefficient (Wildman–Crippen LogP) is 1.95. The molecule has 0 aromatic rings. The number of unbranched alkanes of at least 4 members (excludes halogenated alkanes) is 2. The summed E-state index contributed by atoms with van der Waals surface area (Å²) in [6.07, 6.45) is 4.85. The van der Waals surface area contributed by atoms with Gasteiger partial charge in [0.05, 0.1) is 13.2 Å². The third-order valence-corrected chi connectivity index (χ3v) is 2.31. The minimum Gasteiger partial charge on any atom is -0.377 e. The van der Waals surface area contributed by atoms with Crippen LogP contribution in [-0.4, -0.2) is 32.7 Å². The van der Waals surface area contributed by atoms with Gasteiger partial charge in [0.15, 0.2) is 6.29 Å². The molecule has 0 spiro atoms. The molecule has 1 aliphatic rings. The lowest BCUT2D eigenvalue weighted by atomic mass is 10.2. The molecule has 0 N–H and O–H groups in total. The van der Waals surface area contributed by atoms with E-state index >= 15 is 0 Å². The molecule has 1 saturated heterocycles.